The molecule has 6 nitrogen and oxygen atoms in total. The maximum atomic E-state index is 12.8. The third kappa shape index (κ3) is 4.20. The summed E-state index contributed by atoms with van der Waals surface area (Å²) in [5.74, 6) is -1.13. The zero-order chi connectivity index (χ0) is 15.2. The van der Waals surface area contributed by atoms with E-state index in [2.05, 4.69) is 10.3 Å². The molecule has 7 heteroatoms. The highest BCUT2D eigenvalue weighted by atomic mass is 19.1. The Morgan fingerprint density at radius 1 is 1.29 bits per heavy atom. The van der Waals surface area contributed by atoms with E-state index in [0.29, 0.717) is 5.56 Å². The van der Waals surface area contributed by atoms with Gasteiger partial charge in [0.15, 0.2) is 0 Å². The van der Waals surface area contributed by atoms with Crippen LogP contribution in [-0.2, 0) is 4.79 Å². The summed E-state index contributed by atoms with van der Waals surface area (Å²) in [4.78, 5) is 25.2. The van der Waals surface area contributed by atoms with Gasteiger partial charge in [0.1, 0.15) is 5.82 Å². The number of nitrogens with zero attached hydrogens (tertiary/aromatic N) is 2. The third-order valence-electron chi connectivity index (χ3n) is 2.47. The monoisotopic (exact) mass is 287 g/mol. The molecule has 0 aliphatic rings. The quantitative estimate of drug-likeness (QED) is 0.405. The van der Waals surface area contributed by atoms with Gasteiger partial charge in [0.05, 0.1) is 4.92 Å². The fourth-order valence-corrected chi connectivity index (χ4v) is 1.56. The summed E-state index contributed by atoms with van der Waals surface area (Å²) >= 11 is 0. The Labute approximate surface area is 119 Å². The standard InChI is InChI=1S/C14H10FN3O3/c15-12-5-2-6-13(16-12)17-14(19)8-7-10-3-1-4-11(9-10)18(20)21/h1-9H,(H,16,17,19)/b8-7+. The highest BCUT2D eigenvalue weighted by Gasteiger charge is 2.04. The molecule has 0 saturated heterocycles. The van der Waals surface area contributed by atoms with Gasteiger partial charge < -0.3 is 5.32 Å². The lowest BCUT2D eigenvalue weighted by molar-refractivity contribution is -0.384. The van der Waals surface area contributed by atoms with Crippen molar-refractivity contribution >= 4 is 23.5 Å². The van der Waals surface area contributed by atoms with Gasteiger partial charge in [-0.15, -0.1) is 0 Å². The first-order chi connectivity index (χ1) is 10.0. The van der Waals surface area contributed by atoms with E-state index in [1.807, 2.05) is 0 Å². The molecule has 0 bridgehead atoms. The average molecular weight is 287 g/mol. The number of carbonyl (C=O) groups is 1. The van der Waals surface area contributed by atoms with Crippen molar-refractivity contribution in [2.24, 2.45) is 0 Å². The van der Waals surface area contributed by atoms with Crippen LogP contribution in [-0.4, -0.2) is 15.8 Å². The normalized spacial score (nSPS) is 10.5. The van der Waals surface area contributed by atoms with Gasteiger partial charge in [-0.05, 0) is 23.8 Å². The molecule has 21 heavy (non-hydrogen) atoms. The molecule has 1 aromatic carbocycles. The summed E-state index contributed by atoms with van der Waals surface area (Å²) in [5.41, 5.74) is 0.441. The van der Waals surface area contributed by atoms with Crippen molar-refractivity contribution in [1.82, 2.24) is 4.98 Å². The molecule has 1 heterocycles. The minimum absolute atomic E-state index is 0.0654. The molecular weight excluding hydrogens is 277 g/mol. The number of aromatic nitrogens is 1. The van der Waals surface area contributed by atoms with Gasteiger partial charge in [0, 0.05) is 18.2 Å². The van der Waals surface area contributed by atoms with E-state index < -0.39 is 16.8 Å². The summed E-state index contributed by atoms with van der Waals surface area (Å²) < 4.78 is 12.8. The Bertz CT molecular complexity index is 716. The van der Waals surface area contributed by atoms with Crippen molar-refractivity contribution in [2.75, 3.05) is 5.32 Å². The zero-order valence-electron chi connectivity index (χ0n) is 10.7. The second kappa shape index (κ2) is 6.38. The highest BCUT2D eigenvalue weighted by Crippen LogP contribution is 2.14. The molecule has 0 radical (unpaired) electrons. The number of non-ortho nitro benzene ring substituents is 1. The Hall–Kier alpha value is -3.09. The van der Waals surface area contributed by atoms with Gasteiger partial charge in [-0.25, -0.2) is 4.98 Å². The Balaban J connectivity index is 2.05. The fourth-order valence-electron chi connectivity index (χ4n) is 1.56. The number of hydrogen-bond donors (Lipinski definition) is 1. The molecule has 0 spiro atoms. The lowest BCUT2D eigenvalue weighted by Gasteiger charge is -2.00. The van der Waals surface area contributed by atoms with Crippen molar-refractivity contribution in [3.63, 3.8) is 0 Å². The topological polar surface area (TPSA) is 85.1 Å². The molecule has 1 aromatic heterocycles. The molecule has 0 aliphatic carbocycles. The summed E-state index contributed by atoms with van der Waals surface area (Å²) in [7, 11) is 0. The van der Waals surface area contributed by atoms with Gasteiger partial charge in [-0.2, -0.15) is 4.39 Å². The molecule has 0 fully saturated rings. The summed E-state index contributed by atoms with van der Waals surface area (Å²) in [6.45, 7) is 0. The molecule has 0 unspecified atom stereocenters. The van der Waals surface area contributed by atoms with Gasteiger partial charge >= 0.3 is 0 Å². The first-order valence-corrected chi connectivity index (χ1v) is 5.91. The largest absolute Gasteiger partial charge is 0.307 e. The number of rotatable bonds is 4. The number of benzene rings is 1. The minimum Gasteiger partial charge on any atom is -0.307 e. The SMILES string of the molecule is O=C(/C=C/c1cccc([N+](=O)[O-])c1)Nc1cccc(F)n1. The van der Waals surface area contributed by atoms with Gasteiger partial charge in [0.2, 0.25) is 11.9 Å². The Kier molecular flexibility index (Phi) is 4.35. The number of carbonyl (C=O) groups excluding carboxylic acids is 1. The van der Waals surface area contributed by atoms with E-state index in [4.69, 9.17) is 0 Å². The first kappa shape index (κ1) is 14.3. The van der Waals surface area contributed by atoms with E-state index in [0.717, 1.165) is 6.07 Å². The fraction of sp³-hybridized carbons (Fsp3) is 0. The molecule has 106 valence electrons. The second-order valence-electron chi connectivity index (χ2n) is 4.02. The number of pyridine rings is 1. The van der Waals surface area contributed by atoms with Gasteiger partial charge in [-0.1, -0.05) is 18.2 Å². The predicted octanol–water partition coefficient (Wildman–Crippen LogP) is 2.78. The average Bonchev–Trinajstić information content (AvgIpc) is 2.45. The zero-order valence-corrected chi connectivity index (χ0v) is 10.7. The minimum atomic E-state index is -0.699. The molecule has 0 atom stereocenters. The van der Waals surface area contributed by atoms with Crippen molar-refractivity contribution in [1.29, 1.82) is 0 Å². The number of nitro groups is 1. The molecule has 1 N–H and O–H groups in total. The predicted molar refractivity (Wildman–Crippen MR) is 75.0 cm³/mol. The number of anilines is 1. The molecule has 2 rings (SSSR count). The maximum absolute atomic E-state index is 12.8. The summed E-state index contributed by atoms with van der Waals surface area (Å²) in [6.07, 6.45) is 2.60. The van der Waals surface area contributed by atoms with Crippen LogP contribution in [0.4, 0.5) is 15.9 Å². The van der Waals surface area contributed by atoms with Crippen LogP contribution < -0.4 is 5.32 Å². The number of hydrogen-bond acceptors (Lipinski definition) is 4. The van der Waals surface area contributed by atoms with Crippen LogP contribution in [0, 0.1) is 16.1 Å². The van der Waals surface area contributed by atoms with Gasteiger partial charge in [-0.3, -0.25) is 14.9 Å². The molecule has 2 aromatic rings. The lowest BCUT2D eigenvalue weighted by Crippen LogP contribution is -2.09. The first-order valence-electron chi connectivity index (χ1n) is 5.91. The Morgan fingerprint density at radius 3 is 2.76 bits per heavy atom. The maximum Gasteiger partial charge on any atom is 0.270 e. The smallest absolute Gasteiger partial charge is 0.270 e. The Morgan fingerprint density at radius 2 is 2.05 bits per heavy atom. The van der Waals surface area contributed by atoms with Crippen molar-refractivity contribution in [3.05, 3.63) is 70.2 Å². The molecule has 0 aliphatic heterocycles. The van der Waals surface area contributed by atoms with E-state index >= 15 is 0 Å². The van der Waals surface area contributed by atoms with Crippen LogP contribution in [0.25, 0.3) is 6.08 Å². The molecule has 0 saturated carbocycles. The molecule has 1 amide bonds. The lowest BCUT2D eigenvalue weighted by atomic mass is 10.2. The van der Waals surface area contributed by atoms with E-state index in [1.54, 1.807) is 6.07 Å². The van der Waals surface area contributed by atoms with Crippen molar-refractivity contribution < 1.29 is 14.1 Å². The number of nitrogens with one attached hydrogen (secondary N) is 1. The van der Waals surface area contributed by atoms with E-state index in [-0.39, 0.29) is 11.5 Å². The van der Waals surface area contributed by atoms with Crippen molar-refractivity contribution in [3.8, 4) is 0 Å². The van der Waals surface area contributed by atoms with Crippen molar-refractivity contribution in [2.45, 2.75) is 0 Å². The van der Waals surface area contributed by atoms with Gasteiger partial charge in [0.25, 0.3) is 5.69 Å². The second-order valence-corrected chi connectivity index (χ2v) is 4.02. The van der Waals surface area contributed by atoms with Crippen LogP contribution >= 0.6 is 0 Å². The number of halogens is 1. The van der Waals surface area contributed by atoms with Crippen LogP contribution in [0.1, 0.15) is 5.56 Å². The highest BCUT2D eigenvalue weighted by molar-refractivity contribution is 6.01. The van der Waals surface area contributed by atoms with Crippen LogP contribution in [0.3, 0.4) is 0 Å². The van der Waals surface area contributed by atoms with Crippen LogP contribution in [0.15, 0.2) is 48.5 Å². The molecular formula is C14H10FN3O3. The summed E-state index contributed by atoms with van der Waals surface area (Å²) in [5, 5.41) is 13.0. The third-order valence-corrected chi connectivity index (χ3v) is 2.47. The number of nitro benzene ring substituents is 1. The van der Waals surface area contributed by atoms with Crippen LogP contribution in [0.2, 0.25) is 0 Å². The van der Waals surface area contributed by atoms with E-state index in [1.165, 1.54) is 42.5 Å². The summed E-state index contributed by atoms with van der Waals surface area (Å²) in [6, 6.07) is 9.86. The number of amides is 1. The van der Waals surface area contributed by atoms with E-state index in [9.17, 15) is 19.3 Å². The van der Waals surface area contributed by atoms with Crippen LogP contribution in [0.5, 0.6) is 0 Å².